The summed E-state index contributed by atoms with van der Waals surface area (Å²) in [5.41, 5.74) is 7.37. The molecule has 0 heteroatoms. The van der Waals surface area contributed by atoms with Gasteiger partial charge in [0, 0.05) is 0 Å². The molecule has 0 unspecified atom stereocenters. The predicted molar refractivity (Wildman–Crippen MR) is 243 cm³/mol. The van der Waals surface area contributed by atoms with Crippen LogP contribution >= 0.6 is 0 Å². The molecule has 0 fully saturated rings. The van der Waals surface area contributed by atoms with Crippen molar-refractivity contribution < 1.29 is 0 Å². The van der Waals surface area contributed by atoms with Crippen LogP contribution in [0, 0.1) is 0 Å². The lowest BCUT2D eigenvalue weighted by Gasteiger charge is -2.14. The van der Waals surface area contributed by atoms with E-state index in [4.69, 9.17) is 0 Å². The summed E-state index contributed by atoms with van der Waals surface area (Å²) in [6.45, 7) is 0. The molecule has 0 N–H and O–H groups in total. The third-order valence-electron chi connectivity index (χ3n) is 12.2. The van der Waals surface area contributed by atoms with Crippen LogP contribution in [-0.4, -0.2) is 0 Å². The Kier molecular flexibility index (Phi) is 6.73. The second-order valence-electron chi connectivity index (χ2n) is 15.3. The monoisotopic (exact) mass is 706 g/mol. The van der Waals surface area contributed by atoms with Crippen LogP contribution < -0.4 is 0 Å². The van der Waals surface area contributed by atoms with Gasteiger partial charge in [0.05, 0.1) is 0 Å². The Morgan fingerprint density at radius 1 is 0.143 bits per heavy atom. The summed E-state index contributed by atoms with van der Waals surface area (Å²) in [4.78, 5) is 0. The van der Waals surface area contributed by atoms with Gasteiger partial charge < -0.3 is 0 Å². The lowest BCUT2D eigenvalue weighted by Crippen LogP contribution is -1.87. The molecule has 258 valence electrons. The van der Waals surface area contributed by atoms with Gasteiger partial charge in [-0.2, -0.15) is 0 Å². The molecule has 12 rings (SSSR count). The van der Waals surface area contributed by atoms with E-state index in [2.05, 4.69) is 206 Å². The second-order valence-corrected chi connectivity index (χ2v) is 15.3. The first-order valence-electron chi connectivity index (χ1n) is 19.5. The molecule has 0 aliphatic heterocycles. The molecule has 0 radical (unpaired) electrons. The van der Waals surface area contributed by atoms with Crippen molar-refractivity contribution in [2.75, 3.05) is 0 Å². The number of hydrogen-bond acceptors (Lipinski definition) is 0. The Bertz CT molecular complexity index is 3570. The average Bonchev–Trinajstić information content (AvgIpc) is 3.28. The van der Waals surface area contributed by atoms with E-state index in [1.165, 1.54) is 120 Å². The maximum absolute atomic E-state index is 2.41. The molecule has 0 nitrogen and oxygen atoms in total. The molecule has 0 atom stereocenters. The van der Waals surface area contributed by atoms with Crippen molar-refractivity contribution in [3.63, 3.8) is 0 Å². The van der Waals surface area contributed by atoms with E-state index in [0.717, 1.165) is 0 Å². The van der Waals surface area contributed by atoms with Crippen molar-refractivity contribution in [2.45, 2.75) is 0 Å². The minimum Gasteiger partial charge on any atom is -0.0616 e. The van der Waals surface area contributed by atoms with Crippen LogP contribution in [-0.2, 0) is 0 Å². The van der Waals surface area contributed by atoms with Gasteiger partial charge in [0.15, 0.2) is 0 Å². The van der Waals surface area contributed by atoms with Crippen molar-refractivity contribution in [3.05, 3.63) is 206 Å². The van der Waals surface area contributed by atoms with Crippen LogP contribution in [0.1, 0.15) is 0 Å². The lowest BCUT2D eigenvalue weighted by molar-refractivity contribution is 1.62. The van der Waals surface area contributed by atoms with Gasteiger partial charge in [0.1, 0.15) is 0 Å². The van der Waals surface area contributed by atoms with E-state index in [1.54, 1.807) is 0 Å². The maximum Gasteiger partial charge on any atom is -0.00928 e. The van der Waals surface area contributed by atoms with Gasteiger partial charge in [0.2, 0.25) is 0 Å². The van der Waals surface area contributed by atoms with E-state index in [-0.39, 0.29) is 0 Å². The topological polar surface area (TPSA) is 0 Å². The highest BCUT2D eigenvalue weighted by Crippen LogP contribution is 2.41. The molecule has 0 heterocycles. The fourth-order valence-electron chi connectivity index (χ4n) is 9.38. The summed E-state index contributed by atoms with van der Waals surface area (Å²) in [5, 5.41) is 20.6. The van der Waals surface area contributed by atoms with Crippen molar-refractivity contribution in [2.24, 2.45) is 0 Å². The number of benzene rings is 12. The van der Waals surface area contributed by atoms with Crippen LogP contribution in [0.3, 0.4) is 0 Å². The predicted octanol–water partition coefficient (Wildman–Crippen LogP) is 15.9. The van der Waals surface area contributed by atoms with Gasteiger partial charge >= 0.3 is 0 Å². The molecular weight excluding hydrogens is 673 g/mol. The minimum atomic E-state index is 1.22. The van der Waals surface area contributed by atoms with Gasteiger partial charge in [-0.05, 0) is 150 Å². The normalized spacial score (nSPS) is 11.9. The third-order valence-corrected chi connectivity index (χ3v) is 12.2. The quantitative estimate of drug-likeness (QED) is 0.160. The van der Waals surface area contributed by atoms with E-state index in [1.807, 2.05) is 0 Å². The summed E-state index contributed by atoms with van der Waals surface area (Å²) >= 11 is 0. The van der Waals surface area contributed by atoms with Gasteiger partial charge in [0.25, 0.3) is 0 Å². The average molecular weight is 707 g/mol. The first-order chi connectivity index (χ1) is 27.7. The fourth-order valence-corrected chi connectivity index (χ4v) is 9.38. The molecule has 0 aliphatic rings. The van der Waals surface area contributed by atoms with Crippen molar-refractivity contribution in [3.8, 4) is 33.4 Å². The standard InChI is InChI=1S/C56H34/c1-3-12-45-35(8-1)17-19-44-31-40(22-25-47(44)45)38-10-7-11-39(30-38)42-23-28-52-53-29-24-43(34-56(53)49-15-6-5-14-48(49)55(52)33-42)41-18-16-37-21-26-50-46-13-4-2-9-36(46)20-27-51(50)54(37)32-41/h1-34H. The second kappa shape index (κ2) is 12.1. The van der Waals surface area contributed by atoms with E-state index in [0.29, 0.717) is 0 Å². The molecule has 12 aromatic rings. The zero-order chi connectivity index (χ0) is 36.7. The van der Waals surface area contributed by atoms with Crippen molar-refractivity contribution >= 4 is 86.2 Å². The van der Waals surface area contributed by atoms with Crippen LogP contribution in [0.4, 0.5) is 0 Å². The van der Waals surface area contributed by atoms with Crippen LogP contribution in [0.15, 0.2) is 206 Å². The Morgan fingerprint density at radius 3 is 1.09 bits per heavy atom. The van der Waals surface area contributed by atoms with E-state index < -0.39 is 0 Å². The SMILES string of the molecule is c1cc(-c2ccc3c(ccc4ccccc43)c2)cc(-c2ccc3c4ccc(-c5ccc6ccc7c8ccccc8ccc7c6c5)cc4c4ccccc4c3c2)c1. The third kappa shape index (κ3) is 4.79. The highest BCUT2D eigenvalue weighted by atomic mass is 14.2. The summed E-state index contributed by atoms with van der Waals surface area (Å²) < 4.78 is 0. The molecular formula is C56H34. The molecule has 56 heavy (non-hydrogen) atoms. The number of rotatable bonds is 3. The Morgan fingerprint density at radius 2 is 0.464 bits per heavy atom. The zero-order valence-corrected chi connectivity index (χ0v) is 30.6. The molecule has 12 aromatic carbocycles. The smallest absolute Gasteiger partial charge is 0.00928 e. The van der Waals surface area contributed by atoms with Gasteiger partial charge in [-0.3, -0.25) is 0 Å². The van der Waals surface area contributed by atoms with Crippen LogP contribution in [0.25, 0.3) is 120 Å². The summed E-state index contributed by atoms with van der Waals surface area (Å²) in [5.74, 6) is 0. The van der Waals surface area contributed by atoms with E-state index >= 15 is 0 Å². The fraction of sp³-hybridized carbons (Fsp3) is 0. The Hall–Kier alpha value is -7.28. The summed E-state index contributed by atoms with van der Waals surface area (Å²) in [6, 6.07) is 76.7. The first kappa shape index (κ1) is 31.1. The van der Waals surface area contributed by atoms with Crippen molar-refractivity contribution in [1.82, 2.24) is 0 Å². The van der Waals surface area contributed by atoms with Crippen LogP contribution in [0.5, 0.6) is 0 Å². The Balaban J connectivity index is 0.969. The molecule has 0 aliphatic carbocycles. The molecule has 0 saturated heterocycles. The molecule has 0 aromatic heterocycles. The molecule has 0 saturated carbocycles. The van der Waals surface area contributed by atoms with Gasteiger partial charge in [-0.15, -0.1) is 0 Å². The summed E-state index contributed by atoms with van der Waals surface area (Å²) in [7, 11) is 0. The van der Waals surface area contributed by atoms with E-state index in [9.17, 15) is 0 Å². The summed E-state index contributed by atoms with van der Waals surface area (Å²) in [6.07, 6.45) is 0. The number of hydrogen-bond donors (Lipinski definition) is 0. The van der Waals surface area contributed by atoms with Gasteiger partial charge in [-0.1, -0.05) is 176 Å². The molecule has 0 spiro atoms. The molecule has 0 bridgehead atoms. The maximum atomic E-state index is 2.41. The van der Waals surface area contributed by atoms with Crippen LogP contribution in [0.2, 0.25) is 0 Å². The first-order valence-corrected chi connectivity index (χ1v) is 19.5. The largest absolute Gasteiger partial charge is 0.0616 e. The zero-order valence-electron chi connectivity index (χ0n) is 30.6. The number of fused-ring (bicyclic) bond motifs is 14. The molecule has 0 amide bonds. The highest BCUT2D eigenvalue weighted by Gasteiger charge is 2.13. The van der Waals surface area contributed by atoms with Crippen molar-refractivity contribution in [1.29, 1.82) is 0 Å². The Labute approximate surface area is 324 Å². The van der Waals surface area contributed by atoms with Gasteiger partial charge in [-0.25, -0.2) is 0 Å². The minimum absolute atomic E-state index is 1.22. The highest BCUT2D eigenvalue weighted by molar-refractivity contribution is 6.26. The lowest BCUT2D eigenvalue weighted by atomic mass is 9.89.